The SMILES string of the molecule is Cc1ccc(S(=O)N2CCC(CC3CC(=O)C(c4c(C)cc(C)cc4C)C3=O)CC2)cc1. The number of aryl methyl sites for hydroxylation is 4. The standard InChI is InChI=1S/C27H33NO3S/c1-17-5-7-23(8-6-17)32(31)28-11-9-21(10-12-28)15-22-16-24(29)26(27(22)30)25-19(3)13-18(2)14-20(25)4/h5-8,13-14,21-22,26H,9-12,15-16H2,1-4H3. The minimum absolute atomic E-state index is 0.0768. The lowest BCUT2D eigenvalue weighted by Crippen LogP contribution is -2.36. The van der Waals surface area contributed by atoms with E-state index < -0.39 is 16.9 Å². The molecule has 4 nitrogen and oxygen atoms in total. The number of carbonyl (C=O) groups excluding carboxylic acids is 2. The smallest absolute Gasteiger partial charge is 0.151 e. The zero-order valence-electron chi connectivity index (χ0n) is 19.5. The van der Waals surface area contributed by atoms with Crippen LogP contribution < -0.4 is 0 Å². The zero-order chi connectivity index (χ0) is 23.0. The molecule has 0 N–H and O–H groups in total. The quantitative estimate of drug-likeness (QED) is 0.602. The van der Waals surface area contributed by atoms with Gasteiger partial charge < -0.3 is 0 Å². The molecule has 1 saturated carbocycles. The lowest BCUT2D eigenvalue weighted by atomic mass is 9.83. The fraction of sp³-hybridized carbons (Fsp3) is 0.481. The second-order valence-corrected chi connectivity index (χ2v) is 11.2. The molecule has 4 rings (SSSR count). The molecule has 32 heavy (non-hydrogen) atoms. The third-order valence-electron chi connectivity index (χ3n) is 7.13. The molecule has 170 valence electrons. The summed E-state index contributed by atoms with van der Waals surface area (Å²) in [5, 5.41) is 0. The van der Waals surface area contributed by atoms with E-state index in [2.05, 4.69) is 12.1 Å². The van der Waals surface area contributed by atoms with E-state index in [-0.39, 0.29) is 17.5 Å². The first-order valence-electron chi connectivity index (χ1n) is 11.6. The second kappa shape index (κ2) is 9.40. The lowest BCUT2D eigenvalue weighted by Gasteiger charge is -2.31. The highest BCUT2D eigenvalue weighted by molar-refractivity contribution is 7.82. The summed E-state index contributed by atoms with van der Waals surface area (Å²) in [5.74, 6) is -0.174. The molecule has 0 amide bonds. The third kappa shape index (κ3) is 4.65. The van der Waals surface area contributed by atoms with Crippen molar-refractivity contribution in [3.63, 3.8) is 0 Å². The van der Waals surface area contributed by atoms with Crippen molar-refractivity contribution in [1.82, 2.24) is 4.31 Å². The summed E-state index contributed by atoms with van der Waals surface area (Å²) in [4.78, 5) is 27.0. The van der Waals surface area contributed by atoms with Crippen LogP contribution in [0.5, 0.6) is 0 Å². The average molecular weight is 452 g/mol. The van der Waals surface area contributed by atoms with Gasteiger partial charge in [0.15, 0.2) is 5.78 Å². The van der Waals surface area contributed by atoms with Gasteiger partial charge in [0.2, 0.25) is 0 Å². The van der Waals surface area contributed by atoms with Crippen LogP contribution in [0.4, 0.5) is 0 Å². The lowest BCUT2D eigenvalue weighted by molar-refractivity contribution is -0.125. The Morgan fingerprint density at radius 2 is 1.50 bits per heavy atom. The monoisotopic (exact) mass is 451 g/mol. The fourth-order valence-electron chi connectivity index (χ4n) is 5.52. The number of benzene rings is 2. The number of Topliss-reactive ketones (excluding diaryl/α,β-unsaturated/α-hetero) is 2. The maximum atomic E-state index is 13.3. The van der Waals surface area contributed by atoms with Crippen LogP contribution in [-0.2, 0) is 20.6 Å². The van der Waals surface area contributed by atoms with Crippen LogP contribution in [0.2, 0.25) is 0 Å². The number of ketones is 2. The Hall–Kier alpha value is -2.11. The van der Waals surface area contributed by atoms with Gasteiger partial charge in [-0.25, -0.2) is 8.51 Å². The largest absolute Gasteiger partial charge is 0.298 e. The fourth-order valence-corrected chi connectivity index (χ4v) is 6.73. The topological polar surface area (TPSA) is 54.5 Å². The van der Waals surface area contributed by atoms with Crippen LogP contribution in [0.15, 0.2) is 41.3 Å². The first kappa shape index (κ1) is 23.1. The normalized spacial score (nSPS) is 23.6. The van der Waals surface area contributed by atoms with Gasteiger partial charge in [-0.2, -0.15) is 0 Å². The molecule has 2 fully saturated rings. The van der Waals surface area contributed by atoms with E-state index in [4.69, 9.17) is 0 Å². The summed E-state index contributed by atoms with van der Waals surface area (Å²) in [6, 6.07) is 12.0. The van der Waals surface area contributed by atoms with E-state index in [1.807, 2.05) is 56.3 Å². The van der Waals surface area contributed by atoms with Gasteiger partial charge in [-0.3, -0.25) is 9.59 Å². The van der Waals surface area contributed by atoms with Crippen LogP contribution in [0, 0.1) is 39.5 Å². The average Bonchev–Trinajstić information content (AvgIpc) is 3.01. The number of rotatable bonds is 5. The molecule has 2 aromatic rings. The van der Waals surface area contributed by atoms with Crippen molar-refractivity contribution in [2.75, 3.05) is 13.1 Å². The molecule has 2 aromatic carbocycles. The van der Waals surface area contributed by atoms with Crippen LogP contribution in [-0.4, -0.2) is 33.2 Å². The van der Waals surface area contributed by atoms with Crippen LogP contribution in [0.25, 0.3) is 0 Å². The van der Waals surface area contributed by atoms with Gasteiger partial charge >= 0.3 is 0 Å². The number of hydrogen-bond donors (Lipinski definition) is 0. The Morgan fingerprint density at radius 3 is 2.09 bits per heavy atom. The van der Waals surface area contributed by atoms with E-state index in [0.717, 1.165) is 65.1 Å². The molecule has 1 saturated heterocycles. The molecule has 2 aliphatic rings. The van der Waals surface area contributed by atoms with Gasteiger partial charge in [-0.15, -0.1) is 0 Å². The van der Waals surface area contributed by atoms with E-state index in [1.54, 1.807) is 0 Å². The molecule has 1 aliphatic carbocycles. The van der Waals surface area contributed by atoms with Gasteiger partial charge in [0.1, 0.15) is 22.7 Å². The van der Waals surface area contributed by atoms with E-state index >= 15 is 0 Å². The summed E-state index contributed by atoms with van der Waals surface area (Å²) < 4.78 is 14.9. The highest BCUT2D eigenvalue weighted by atomic mass is 32.2. The van der Waals surface area contributed by atoms with Gasteiger partial charge in [-0.1, -0.05) is 35.4 Å². The molecule has 0 radical (unpaired) electrons. The summed E-state index contributed by atoms with van der Waals surface area (Å²) in [6.07, 6.45) is 2.98. The van der Waals surface area contributed by atoms with Crippen LogP contribution in [0.1, 0.15) is 59.4 Å². The molecule has 5 heteroatoms. The zero-order valence-corrected chi connectivity index (χ0v) is 20.3. The molecule has 3 unspecified atom stereocenters. The summed E-state index contributed by atoms with van der Waals surface area (Å²) in [7, 11) is -1.14. The molecule has 0 aromatic heterocycles. The Balaban J connectivity index is 1.38. The first-order chi connectivity index (χ1) is 15.2. The van der Waals surface area contributed by atoms with Crippen LogP contribution >= 0.6 is 0 Å². The van der Waals surface area contributed by atoms with Crippen molar-refractivity contribution in [3.05, 3.63) is 64.2 Å². The highest BCUT2D eigenvalue weighted by Gasteiger charge is 2.44. The maximum absolute atomic E-state index is 13.3. The van der Waals surface area contributed by atoms with E-state index in [9.17, 15) is 13.8 Å². The molecule has 1 heterocycles. The number of nitrogens with zero attached hydrogens (tertiary/aromatic N) is 1. The Labute approximate surface area is 194 Å². The molecular weight excluding hydrogens is 418 g/mol. The van der Waals surface area contributed by atoms with Crippen molar-refractivity contribution in [2.45, 2.75) is 64.2 Å². The van der Waals surface area contributed by atoms with Crippen molar-refractivity contribution < 1.29 is 13.8 Å². The van der Waals surface area contributed by atoms with E-state index in [1.165, 1.54) is 0 Å². The predicted octanol–water partition coefficient (Wildman–Crippen LogP) is 4.99. The van der Waals surface area contributed by atoms with Gasteiger partial charge in [0, 0.05) is 25.4 Å². The van der Waals surface area contributed by atoms with Crippen LogP contribution in [0.3, 0.4) is 0 Å². The summed E-state index contributed by atoms with van der Waals surface area (Å²) >= 11 is 0. The van der Waals surface area contributed by atoms with Gasteiger partial charge in [0.05, 0.1) is 4.90 Å². The molecule has 3 atom stereocenters. The predicted molar refractivity (Wildman–Crippen MR) is 128 cm³/mol. The third-order valence-corrected chi connectivity index (χ3v) is 8.64. The van der Waals surface area contributed by atoms with Gasteiger partial charge in [-0.05, 0) is 81.7 Å². The molecule has 0 spiro atoms. The minimum Gasteiger partial charge on any atom is -0.298 e. The summed E-state index contributed by atoms with van der Waals surface area (Å²) in [6.45, 7) is 9.61. The van der Waals surface area contributed by atoms with Gasteiger partial charge in [0.25, 0.3) is 0 Å². The number of carbonyl (C=O) groups is 2. The van der Waals surface area contributed by atoms with Crippen molar-refractivity contribution in [3.8, 4) is 0 Å². The van der Waals surface area contributed by atoms with Crippen molar-refractivity contribution in [1.29, 1.82) is 0 Å². The number of piperidine rings is 1. The summed E-state index contributed by atoms with van der Waals surface area (Å²) in [5.41, 5.74) is 5.34. The minimum atomic E-state index is -1.14. The maximum Gasteiger partial charge on any atom is 0.151 e. The van der Waals surface area contributed by atoms with Crippen molar-refractivity contribution >= 4 is 22.6 Å². The second-order valence-electron chi connectivity index (χ2n) is 9.69. The first-order valence-corrected chi connectivity index (χ1v) is 12.7. The molecule has 0 bridgehead atoms. The van der Waals surface area contributed by atoms with Crippen molar-refractivity contribution in [2.24, 2.45) is 11.8 Å². The Kier molecular flexibility index (Phi) is 6.78. The molecule has 1 aliphatic heterocycles. The highest BCUT2D eigenvalue weighted by Crippen LogP contribution is 2.40. The number of hydrogen-bond acceptors (Lipinski definition) is 3. The Morgan fingerprint density at radius 1 is 0.906 bits per heavy atom. The van der Waals surface area contributed by atoms with E-state index in [0.29, 0.717) is 12.3 Å². The molecular formula is C27H33NO3S. The Bertz CT molecular complexity index is 1030.